The third-order valence-corrected chi connectivity index (χ3v) is 35.1. The van der Waals surface area contributed by atoms with Crippen LogP contribution in [0.5, 0.6) is 0 Å². The topological polar surface area (TPSA) is 19.7 Å². The molecule has 0 aliphatic carbocycles. The van der Waals surface area contributed by atoms with Gasteiger partial charge in [-0.3, -0.25) is 0 Å². The van der Waals surface area contributed by atoms with Crippen molar-refractivity contribution >= 4 is 260 Å². The SMILES string of the molecule is Clc1ccc(-c2ccc3sc4ccc(-c5ccc6c7ccccc7n(-c7ccccc7)c6c5)cc4c3c2)cc1.Clc1ccc2sc3ccc(-c4ccc5c6ccccc6n(-c6ccccc6)c5c4)cc3c2c1.Clc1cccc(-c2ccc3sc4ccc(-c5ccc6c7ccccc7n(-c7ccccc7)c6c5)cc4c3c2)c1.Clc1ccccc1-c1ccc2sc3ccc(-c4ccc5c6ccccc6n(-c6ccccc6)c5c4)cc3c2c1. The van der Waals surface area contributed by atoms with Gasteiger partial charge < -0.3 is 18.3 Å². The normalized spacial score (nSPS) is 11.7. The number of thiophene rings is 4. The predicted molar refractivity (Wildman–Crippen MR) is 653 cm³/mol. The zero-order valence-corrected chi connectivity index (χ0v) is 86.7. The molecule has 0 N–H and O–H groups in total. The summed E-state index contributed by atoms with van der Waals surface area (Å²) in [6, 6.07) is 183. The Hall–Kier alpha value is -16.7. The van der Waals surface area contributed by atoms with Crippen molar-refractivity contribution in [1.29, 1.82) is 0 Å². The van der Waals surface area contributed by atoms with E-state index in [9.17, 15) is 0 Å². The Bertz CT molecular complexity index is 10800. The number of benzene rings is 23. The number of aromatic nitrogens is 4. The molecule has 31 aromatic rings. The molecule has 8 heterocycles. The van der Waals surface area contributed by atoms with Crippen LogP contribution >= 0.6 is 91.8 Å². The zero-order valence-electron chi connectivity index (χ0n) is 80.4. The minimum absolute atomic E-state index is 0.758. The summed E-state index contributed by atoms with van der Waals surface area (Å²) in [6.07, 6.45) is 0. The van der Waals surface area contributed by atoms with Gasteiger partial charge in [0.1, 0.15) is 0 Å². The van der Waals surface area contributed by atoms with E-state index in [0.717, 1.165) is 36.8 Å². The monoisotopic (exact) mass is 2060 g/mol. The van der Waals surface area contributed by atoms with Gasteiger partial charge in [-0.25, -0.2) is 0 Å². The highest BCUT2D eigenvalue weighted by Crippen LogP contribution is 2.49. The van der Waals surface area contributed by atoms with Crippen molar-refractivity contribution < 1.29 is 0 Å². The minimum atomic E-state index is 0.758. The van der Waals surface area contributed by atoms with Crippen molar-refractivity contribution in [2.24, 2.45) is 0 Å². The lowest BCUT2D eigenvalue weighted by Crippen LogP contribution is -1.93. The Morgan fingerprint density at radius 3 is 0.660 bits per heavy atom. The Morgan fingerprint density at radius 2 is 0.347 bits per heavy atom. The molecule has 0 unspecified atom stereocenters. The van der Waals surface area contributed by atoms with Crippen molar-refractivity contribution in [3.05, 3.63) is 530 Å². The van der Waals surface area contributed by atoms with Crippen molar-refractivity contribution in [2.45, 2.75) is 0 Å². The fraction of sp³-hybridized carbons (Fsp3) is 0. The van der Waals surface area contributed by atoms with Crippen molar-refractivity contribution in [3.63, 3.8) is 0 Å². The van der Waals surface area contributed by atoms with Crippen LogP contribution in [0.15, 0.2) is 510 Å². The van der Waals surface area contributed by atoms with Gasteiger partial charge in [-0.05, 0) is 303 Å². The van der Waals surface area contributed by atoms with Gasteiger partial charge in [0, 0.05) is 172 Å². The molecule has 0 bridgehead atoms. The van der Waals surface area contributed by atoms with Crippen molar-refractivity contribution in [2.75, 3.05) is 0 Å². The first-order valence-corrected chi connectivity index (χ1v) is 54.9. The molecule has 0 radical (unpaired) electrons. The van der Waals surface area contributed by atoms with E-state index in [1.807, 2.05) is 99.9 Å². The van der Waals surface area contributed by atoms with Gasteiger partial charge in [0.25, 0.3) is 0 Å². The summed E-state index contributed by atoms with van der Waals surface area (Å²) in [5.74, 6) is 0. The summed E-state index contributed by atoms with van der Waals surface area (Å²) in [7, 11) is 0. The molecule has 4 nitrogen and oxygen atoms in total. The maximum Gasteiger partial charge on any atom is 0.0547 e. The summed E-state index contributed by atoms with van der Waals surface area (Å²) in [5, 5.41) is 23.5. The first-order chi connectivity index (χ1) is 74.0. The molecular weight excluding hydrogens is 1980 g/mol. The second kappa shape index (κ2) is 37.9. The number of nitrogens with zero attached hydrogens (tertiary/aromatic N) is 4. The molecule has 0 fully saturated rings. The van der Waals surface area contributed by atoms with Gasteiger partial charge >= 0.3 is 0 Å². The maximum absolute atomic E-state index is 6.54. The van der Waals surface area contributed by atoms with Gasteiger partial charge in [-0.15, -0.1) is 45.3 Å². The maximum atomic E-state index is 6.54. The number of rotatable bonds is 11. The Balaban J connectivity index is 0.0000000962. The van der Waals surface area contributed by atoms with Gasteiger partial charge in [-0.1, -0.05) is 325 Å². The van der Waals surface area contributed by atoms with E-state index in [2.05, 4.69) is 473 Å². The molecule has 31 rings (SSSR count). The van der Waals surface area contributed by atoms with E-state index in [1.54, 1.807) is 0 Å². The summed E-state index contributed by atoms with van der Waals surface area (Å²) in [5.41, 5.74) is 31.2. The third-order valence-electron chi connectivity index (χ3n) is 29.4. The fourth-order valence-corrected chi connectivity index (χ4v) is 27.4. The molecule has 0 aliphatic heterocycles. The smallest absolute Gasteiger partial charge is 0.0547 e. The molecule has 23 aromatic carbocycles. The number of halogens is 4. The van der Waals surface area contributed by atoms with Crippen LogP contribution in [0, 0.1) is 0 Å². The van der Waals surface area contributed by atoms with E-state index in [0.29, 0.717) is 0 Å². The lowest BCUT2D eigenvalue weighted by Gasteiger charge is -2.09. The van der Waals surface area contributed by atoms with Crippen LogP contribution in [0.1, 0.15) is 0 Å². The van der Waals surface area contributed by atoms with Crippen molar-refractivity contribution in [1.82, 2.24) is 18.3 Å². The van der Waals surface area contributed by atoms with E-state index in [1.165, 1.54) is 252 Å². The highest BCUT2D eigenvalue weighted by molar-refractivity contribution is 7.27. The molecule has 0 saturated carbocycles. The van der Waals surface area contributed by atoms with Crippen LogP contribution in [-0.2, 0) is 0 Å². The lowest BCUT2D eigenvalue weighted by atomic mass is 9.99. The van der Waals surface area contributed by atoms with Crippen LogP contribution < -0.4 is 0 Å². The average molecular weight is 2070 g/mol. The molecule has 12 heteroatoms. The van der Waals surface area contributed by atoms with E-state index < -0.39 is 0 Å². The van der Waals surface area contributed by atoms with Gasteiger partial charge in [0.05, 0.1) is 44.1 Å². The molecule has 0 atom stereocenters. The summed E-state index contributed by atoms with van der Waals surface area (Å²) < 4.78 is 19.9. The summed E-state index contributed by atoms with van der Waals surface area (Å²) in [6.45, 7) is 0. The number of fused-ring (bicyclic) bond motifs is 24. The molecule has 0 spiro atoms. The van der Waals surface area contributed by atoms with Crippen molar-refractivity contribution in [3.8, 4) is 101 Å². The Kier molecular flexibility index (Phi) is 22.9. The third kappa shape index (κ3) is 16.3. The largest absolute Gasteiger partial charge is 0.309 e. The van der Waals surface area contributed by atoms with Gasteiger partial charge in [0.2, 0.25) is 0 Å². The lowest BCUT2D eigenvalue weighted by molar-refractivity contribution is 1.18. The number of hydrogen-bond acceptors (Lipinski definition) is 4. The fourth-order valence-electron chi connectivity index (χ4n) is 22.4. The molecule has 708 valence electrons. The molecule has 150 heavy (non-hydrogen) atoms. The Labute approximate surface area is 900 Å². The van der Waals surface area contributed by atoms with E-state index >= 15 is 0 Å². The van der Waals surface area contributed by atoms with Crippen LogP contribution in [0.3, 0.4) is 0 Å². The van der Waals surface area contributed by atoms with Crippen LogP contribution in [0.4, 0.5) is 0 Å². The predicted octanol–water partition coefficient (Wildman–Crippen LogP) is 42.9. The summed E-state index contributed by atoms with van der Waals surface area (Å²) in [4.78, 5) is 0. The quantitative estimate of drug-likeness (QED) is 0.123. The van der Waals surface area contributed by atoms with Crippen LogP contribution in [0.25, 0.3) is 269 Å². The molecule has 0 saturated heterocycles. The number of hydrogen-bond donors (Lipinski definition) is 0. The highest BCUT2D eigenvalue weighted by Gasteiger charge is 2.23. The zero-order chi connectivity index (χ0) is 99.7. The second-order valence-electron chi connectivity index (χ2n) is 38.2. The standard InChI is InChI=1S/3C36H22ClNS.C30H18ClNS/c37-32-12-6-4-10-27(32)25-16-19-36-31(21-25)30-20-23(15-18-35(30)39-36)24-14-17-29-28-11-5-7-13-33(28)38(34(29)22-24)26-8-2-1-3-9-26;37-27-8-6-7-23(19-27)24-14-17-35-31(20-24)32-21-25(15-18-36(32)39-35)26-13-16-30-29-11-4-5-12-33(29)38(34(30)22-26)28-9-2-1-3-10-28;37-27-15-10-23(11-16-27)24-13-18-35-31(20-24)32-21-25(14-19-36(32)39-35)26-12-17-30-29-8-4-5-9-33(29)38(34(30)22-26)28-6-2-1-3-7-28;31-21-12-15-30-26(18-21)25-16-19(11-14-29(25)33-30)20-10-13-24-23-8-4-5-9-27(23)32(28(24)17-20)22-6-2-1-3-7-22/h3*1-22H;1-18H. The van der Waals surface area contributed by atoms with Crippen LogP contribution in [0.2, 0.25) is 20.1 Å². The molecule has 8 aromatic heterocycles. The van der Waals surface area contributed by atoms with E-state index in [-0.39, 0.29) is 0 Å². The highest BCUT2D eigenvalue weighted by atomic mass is 35.5. The average Bonchev–Trinajstić information content (AvgIpc) is 1.58. The molecule has 0 amide bonds. The first kappa shape index (κ1) is 90.8. The van der Waals surface area contributed by atoms with Crippen LogP contribution in [-0.4, -0.2) is 18.3 Å². The van der Waals surface area contributed by atoms with E-state index in [4.69, 9.17) is 46.4 Å². The second-order valence-corrected chi connectivity index (χ2v) is 44.3. The Morgan fingerprint density at radius 1 is 0.127 bits per heavy atom. The minimum Gasteiger partial charge on any atom is -0.309 e. The van der Waals surface area contributed by atoms with Gasteiger partial charge in [0.15, 0.2) is 0 Å². The summed E-state index contributed by atoms with van der Waals surface area (Å²) >= 11 is 32.6. The van der Waals surface area contributed by atoms with Gasteiger partial charge in [-0.2, -0.15) is 0 Å². The molecular formula is C138H84Cl4N4S4. The number of para-hydroxylation sites is 8. The molecule has 0 aliphatic rings. The first-order valence-electron chi connectivity index (χ1n) is 50.1.